The number of hydrogen-bond donors (Lipinski definition) is 0. The highest BCUT2D eigenvalue weighted by molar-refractivity contribution is 6.18. The van der Waals surface area contributed by atoms with Crippen LogP contribution in [-0.4, -0.2) is 53.6 Å². The van der Waals surface area contributed by atoms with Crippen LogP contribution in [0.3, 0.4) is 0 Å². The molecule has 0 N–H and O–H groups in total. The first-order chi connectivity index (χ1) is 74.3. The standard InChI is InChI=1S/C46H29N3O.2C45H28N4O/c1-3-13-30(14-4-1)39-29-40(32-25-26-37-36-19-8-10-24-43(36)50-44(37)28-32)48-46(47-39)33-16-11-15-31(27-33)35-21-12-23-42-45(35)38-20-7-9-22-41(38)49(42)34-17-5-2-6-18-34;1-3-13-29(14-4-1)34-21-12-23-39-42(34)37-20-7-9-22-38(37)49(39)33-18-11-17-31(27-33)44-46-43(30-15-5-2-6-16-30)47-45(48-44)32-25-26-36-35-19-8-10-24-40(35)50-41(36)28-32;1-3-12-29(13-4-1)31-22-24-36-35-18-7-9-20-39(35)49(40(36)27-31)34-17-11-16-32(26-34)44-46-43(30-14-5-2-6-15-30)47-45(48-44)33-23-25-38-37-19-8-10-21-41(37)50-42(38)28-33/h1-29H;2*1-28H. The van der Waals surface area contributed by atoms with Crippen molar-refractivity contribution in [3.05, 3.63) is 516 Å². The van der Waals surface area contributed by atoms with E-state index in [0.29, 0.717) is 40.8 Å². The molecule has 702 valence electrons. The highest BCUT2D eigenvalue weighted by Gasteiger charge is 2.26. The first kappa shape index (κ1) is 87.3. The molecule has 14 nitrogen and oxygen atoms in total. The van der Waals surface area contributed by atoms with Crippen LogP contribution in [-0.2, 0) is 0 Å². The smallest absolute Gasteiger partial charge is 0.164 e. The Labute approximate surface area is 860 Å². The minimum absolute atomic E-state index is 0.589. The zero-order valence-corrected chi connectivity index (χ0v) is 80.7. The summed E-state index contributed by atoms with van der Waals surface area (Å²) in [5.74, 6) is 4.29. The highest BCUT2D eigenvalue weighted by atomic mass is 16.3. The Bertz CT molecular complexity index is 10200. The Kier molecular flexibility index (Phi) is 21.6. The molecule has 0 radical (unpaired) electrons. The van der Waals surface area contributed by atoms with Gasteiger partial charge in [-0.05, 0) is 173 Å². The molecule has 0 saturated carbocycles. The lowest BCUT2D eigenvalue weighted by molar-refractivity contribution is 0.668. The van der Waals surface area contributed by atoms with Gasteiger partial charge in [0.1, 0.15) is 33.5 Å². The van der Waals surface area contributed by atoms with E-state index in [-0.39, 0.29) is 0 Å². The second-order valence-electron chi connectivity index (χ2n) is 37.5. The Balaban J connectivity index is 0.000000108. The quantitative estimate of drug-likeness (QED) is 0.0962. The van der Waals surface area contributed by atoms with Crippen molar-refractivity contribution in [2.45, 2.75) is 0 Å². The molecule has 0 saturated heterocycles. The predicted molar refractivity (Wildman–Crippen MR) is 612 cm³/mol. The third-order valence-corrected chi connectivity index (χ3v) is 28.5. The van der Waals surface area contributed by atoms with Crippen LogP contribution in [0.15, 0.2) is 529 Å². The maximum atomic E-state index is 6.26. The van der Waals surface area contributed by atoms with E-state index in [1.807, 2.05) is 146 Å². The molecule has 30 aromatic rings. The van der Waals surface area contributed by atoms with Crippen molar-refractivity contribution in [1.29, 1.82) is 0 Å². The van der Waals surface area contributed by atoms with Gasteiger partial charge in [0.15, 0.2) is 40.8 Å². The summed E-state index contributed by atoms with van der Waals surface area (Å²) >= 11 is 0. The van der Waals surface area contributed by atoms with Gasteiger partial charge in [0.25, 0.3) is 0 Å². The minimum atomic E-state index is 0.589. The SMILES string of the molecule is c1ccc(-c2cc(-c3ccc4c(c3)oc3ccccc34)nc(-c3cccc(-c4cccc5c4c4ccccc4n5-c4ccccc4)c3)n2)cc1.c1ccc(-c2ccc3c4ccccc4n(-c4cccc(-c5nc(-c6ccccc6)nc(-c6ccc7c(c6)oc6ccccc67)n5)c4)c3c2)cc1.c1ccc(-c2nc(-c3cccc(-n4c5ccccc5c5c(-c6ccccc6)cccc54)c3)nc(-c3ccc4c(c3)oc3ccccc34)n2)cc1. The number of aromatic nitrogens is 11. The van der Waals surface area contributed by atoms with Crippen LogP contribution in [0.25, 0.3) is 284 Å². The second-order valence-corrected chi connectivity index (χ2v) is 37.5. The van der Waals surface area contributed by atoms with Gasteiger partial charge >= 0.3 is 0 Å². The van der Waals surface area contributed by atoms with Crippen molar-refractivity contribution >= 4 is 131 Å². The molecule has 150 heavy (non-hydrogen) atoms. The molecule has 0 spiro atoms. The number of para-hydroxylation sites is 7. The molecule has 0 fully saturated rings. The summed E-state index contributed by atoms with van der Waals surface area (Å²) in [4.78, 5) is 40.6. The lowest BCUT2D eigenvalue weighted by Crippen LogP contribution is -2.01. The van der Waals surface area contributed by atoms with E-state index in [2.05, 4.69) is 384 Å². The fourth-order valence-corrected chi connectivity index (χ4v) is 21.5. The summed E-state index contributed by atoms with van der Waals surface area (Å²) in [6.45, 7) is 0. The van der Waals surface area contributed by atoms with Crippen molar-refractivity contribution in [2.24, 2.45) is 0 Å². The van der Waals surface area contributed by atoms with Gasteiger partial charge in [0, 0.05) is 132 Å². The van der Waals surface area contributed by atoms with Crippen molar-refractivity contribution in [3.63, 3.8) is 0 Å². The van der Waals surface area contributed by atoms with Crippen LogP contribution in [0.4, 0.5) is 0 Å². The molecule has 0 atom stereocenters. The van der Waals surface area contributed by atoms with Gasteiger partial charge in [-0.25, -0.2) is 39.9 Å². The maximum absolute atomic E-state index is 6.26. The van der Waals surface area contributed by atoms with E-state index in [1.165, 1.54) is 71.2 Å². The number of nitrogens with zero attached hydrogens (tertiary/aromatic N) is 11. The molecule has 0 amide bonds. The first-order valence-electron chi connectivity index (χ1n) is 50.2. The molecule has 14 heteroatoms. The number of hydrogen-bond acceptors (Lipinski definition) is 11. The van der Waals surface area contributed by atoms with Crippen molar-refractivity contribution in [1.82, 2.24) is 53.6 Å². The van der Waals surface area contributed by atoms with Crippen LogP contribution in [0.5, 0.6) is 0 Å². The van der Waals surface area contributed by atoms with E-state index in [0.717, 1.165) is 172 Å². The minimum Gasteiger partial charge on any atom is -0.456 e. The fraction of sp³-hybridized carbons (Fsp3) is 0. The average molecular weight is 1920 g/mol. The monoisotopic (exact) mass is 1920 g/mol. The number of furan rings is 3. The summed E-state index contributed by atoms with van der Waals surface area (Å²) < 4.78 is 25.8. The van der Waals surface area contributed by atoms with Gasteiger partial charge < -0.3 is 27.0 Å². The normalized spacial score (nSPS) is 11.6. The zero-order chi connectivity index (χ0) is 99.1. The van der Waals surface area contributed by atoms with Crippen LogP contribution < -0.4 is 0 Å². The average Bonchev–Trinajstić information content (AvgIpc) is 1.58. The Hall–Kier alpha value is -20.5. The van der Waals surface area contributed by atoms with Crippen LogP contribution in [0.2, 0.25) is 0 Å². The van der Waals surface area contributed by atoms with E-state index in [4.69, 9.17) is 53.1 Å². The third kappa shape index (κ3) is 15.8. The van der Waals surface area contributed by atoms with Gasteiger partial charge in [0.2, 0.25) is 0 Å². The molecule has 0 unspecified atom stereocenters. The summed E-state index contributed by atoms with van der Waals surface area (Å²) in [6, 6.07) is 179. The topological polar surface area (TPSA) is 157 Å². The molecular formula is C136H85N11O3. The molecule has 30 rings (SSSR count). The zero-order valence-electron chi connectivity index (χ0n) is 80.7. The summed E-state index contributed by atoms with van der Waals surface area (Å²) in [7, 11) is 0. The Morgan fingerprint density at radius 1 is 0.133 bits per heavy atom. The molecule has 9 aromatic heterocycles. The molecule has 0 aliphatic carbocycles. The molecule has 9 heterocycles. The highest BCUT2D eigenvalue weighted by Crippen LogP contribution is 2.46. The molecule has 0 aliphatic rings. The molecule has 0 bridgehead atoms. The Morgan fingerprint density at radius 2 is 0.413 bits per heavy atom. The fourth-order valence-electron chi connectivity index (χ4n) is 21.5. The number of fused-ring (bicyclic) bond motifs is 18. The van der Waals surface area contributed by atoms with E-state index in [1.54, 1.807) is 0 Å². The van der Waals surface area contributed by atoms with Gasteiger partial charge in [-0.1, -0.05) is 376 Å². The van der Waals surface area contributed by atoms with Gasteiger partial charge in [-0.3, -0.25) is 0 Å². The van der Waals surface area contributed by atoms with Gasteiger partial charge in [0.05, 0.1) is 44.5 Å². The lowest BCUT2D eigenvalue weighted by Gasteiger charge is -2.12. The van der Waals surface area contributed by atoms with Gasteiger partial charge in [-0.2, -0.15) is 0 Å². The van der Waals surface area contributed by atoms with Crippen molar-refractivity contribution < 1.29 is 13.3 Å². The van der Waals surface area contributed by atoms with Crippen LogP contribution in [0.1, 0.15) is 0 Å². The molecule has 21 aromatic carbocycles. The largest absolute Gasteiger partial charge is 0.456 e. The van der Waals surface area contributed by atoms with Crippen LogP contribution >= 0.6 is 0 Å². The lowest BCUT2D eigenvalue weighted by atomic mass is 9.97. The van der Waals surface area contributed by atoms with E-state index >= 15 is 0 Å². The van der Waals surface area contributed by atoms with Crippen molar-refractivity contribution in [3.8, 4) is 153 Å². The summed E-state index contributed by atoms with van der Waals surface area (Å²) in [5, 5.41) is 13.8. The number of benzene rings is 21. The molecule has 0 aliphatic heterocycles. The first-order valence-corrected chi connectivity index (χ1v) is 50.2. The van der Waals surface area contributed by atoms with E-state index < -0.39 is 0 Å². The second kappa shape index (κ2) is 37.0. The number of rotatable bonds is 15. The van der Waals surface area contributed by atoms with Crippen molar-refractivity contribution in [2.75, 3.05) is 0 Å². The maximum Gasteiger partial charge on any atom is 0.164 e. The Morgan fingerprint density at radius 3 is 0.893 bits per heavy atom. The van der Waals surface area contributed by atoms with E-state index in [9.17, 15) is 0 Å². The third-order valence-electron chi connectivity index (χ3n) is 28.5. The van der Waals surface area contributed by atoms with Crippen LogP contribution in [0, 0.1) is 0 Å². The summed E-state index contributed by atoms with van der Waals surface area (Å²) in [5.41, 5.74) is 32.3. The molecular weight excluding hydrogens is 1840 g/mol. The summed E-state index contributed by atoms with van der Waals surface area (Å²) in [6.07, 6.45) is 0. The predicted octanol–water partition coefficient (Wildman–Crippen LogP) is 35.2. The van der Waals surface area contributed by atoms with Gasteiger partial charge in [-0.15, -0.1) is 0 Å².